The van der Waals surface area contributed by atoms with Gasteiger partial charge in [-0.15, -0.1) is 0 Å². The second-order valence-electron chi connectivity index (χ2n) is 6.92. The largest absolute Gasteiger partial charge is 0.463 e. The number of hydrogen-bond donors (Lipinski definition) is 0. The van der Waals surface area contributed by atoms with Crippen LogP contribution >= 0.6 is 11.8 Å². The summed E-state index contributed by atoms with van der Waals surface area (Å²) in [5.74, 6) is -1.69. The molecule has 0 amide bonds. The maximum Gasteiger partial charge on any atom is 0.303 e. The van der Waals surface area contributed by atoms with Crippen molar-refractivity contribution in [1.29, 1.82) is 0 Å². The quantitative estimate of drug-likeness (QED) is 0.703. The first-order valence-electron chi connectivity index (χ1n) is 8.78. The van der Waals surface area contributed by atoms with Crippen LogP contribution in [0.3, 0.4) is 0 Å². The Hall–Kier alpha value is -1.61. The third kappa shape index (κ3) is 5.01. The highest BCUT2D eigenvalue weighted by Crippen LogP contribution is 2.43. The van der Waals surface area contributed by atoms with Gasteiger partial charge in [0, 0.05) is 18.7 Å². The molecule has 27 heavy (non-hydrogen) atoms. The average Bonchev–Trinajstić information content (AvgIpc) is 2.91. The molecule has 8 heteroatoms. The Morgan fingerprint density at radius 1 is 1.07 bits per heavy atom. The van der Waals surface area contributed by atoms with Gasteiger partial charge < -0.3 is 23.7 Å². The first-order chi connectivity index (χ1) is 12.7. The zero-order chi connectivity index (χ0) is 19.6. The minimum absolute atomic E-state index is 0.0363. The summed E-state index contributed by atoms with van der Waals surface area (Å²) in [6.45, 7) is 6.31. The van der Waals surface area contributed by atoms with Crippen molar-refractivity contribution in [3.63, 3.8) is 0 Å². The summed E-state index contributed by atoms with van der Waals surface area (Å²) in [7, 11) is 0. The number of hydrogen-bond acceptors (Lipinski definition) is 8. The van der Waals surface area contributed by atoms with Gasteiger partial charge in [-0.05, 0) is 26.0 Å². The third-order valence-electron chi connectivity index (χ3n) is 4.18. The fraction of sp³-hybridized carbons (Fsp3) is 0.579. The molecule has 2 saturated heterocycles. The Kier molecular flexibility index (Phi) is 6.10. The van der Waals surface area contributed by atoms with Crippen LogP contribution in [0.5, 0.6) is 0 Å². The Balaban J connectivity index is 1.86. The molecule has 0 aliphatic carbocycles. The standard InChI is InChI=1S/C19H24O7S/c1-11(20)22-10-14-15-16(26-19(3,4)25-15)17(23-12(2)21)18(24-14)27-13-8-6-5-7-9-13/h5-9,14-18H,10H2,1-4H3/t14-,15+,16+,17-,18+/m1/s1. The number of carbonyl (C=O) groups excluding carboxylic acids is 2. The van der Waals surface area contributed by atoms with Crippen molar-refractivity contribution >= 4 is 23.7 Å². The molecule has 0 radical (unpaired) electrons. The molecule has 3 rings (SSSR count). The van der Waals surface area contributed by atoms with Crippen molar-refractivity contribution in [2.45, 2.75) is 68.2 Å². The molecule has 2 fully saturated rings. The van der Waals surface area contributed by atoms with Gasteiger partial charge in [-0.25, -0.2) is 0 Å². The number of ether oxygens (including phenoxy) is 5. The molecule has 148 valence electrons. The third-order valence-corrected chi connectivity index (χ3v) is 5.34. The molecule has 0 unspecified atom stereocenters. The highest BCUT2D eigenvalue weighted by atomic mass is 32.2. The molecule has 5 atom stereocenters. The van der Waals surface area contributed by atoms with E-state index in [0.29, 0.717) is 0 Å². The Morgan fingerprint density at radius 2 is 1.74 bits per heavy atom. The minimum Gasteiger partial charge on any atom is -0.463 e. The van der Waals surface area contributed by atoms with E-state index in [-0.39, 0.29) is 6.61 Å². The van der Waals surface area contributed by atoms with Gasteiger partial charge in [0.25, 0.3) is 0 Å². The molecule has 2 aliphatic heterocycles. The van der Waals surface area contributed by atoms with E-state index in [1.165, 1.54) is 25.6 Å². The van der Waals surface area contributed by atoms with Crippen LogP contribution in [0.25, 0.3) is 0 Å². The predicted octanol–water partition coefficient (Wildman–Crippen LogP) is 2.52. The van der Waals surface area contributed by atoms with Gasteiger partial charge in [0.2, 0.25) is 0 Å². The number of esters is 2. The van der Waals surface area contributed by atoms with Crippen LogP contribution in [0.1, 0.15) is 27.7 Å². The van der Waals surface area contributed by atoms with Gasteiger partial charge in [0.05, 0.1) is 0 Å². The molecule has 7 nitrogen and oxygen atoms in total. The lowest BCUT2D eigenvalue weighted by Gasteiger charge is -2.41. The zero-order valence-corrected chi connectivity index (χ0v) is 16.6. The summed E-state index contributed by atoms with van der Waals surface area (Å²) in [6.07, 6.45) is -2.24. The normalized spacial score (nSPS) is 31.8. The number of fused-ring (bicyclic) bond motifs is 1. The van der Waals surface area contributed by atoms with Crippen molar-refractivity contribution in [2.75, 3.05) is 6.61 Å². The molecule has 2 aliphatic rings. The SMILES string of the molecule is CC(=O)OC[C@H]1O[C@@H](Sc2ccccc2)[C@H](OC(C)=O)[C@H]2OC(C)(C)O[C@H]21. The number of carbonyl (C=O) groups is 2. The molecule has 1 aromatic rings. The molecular weight excluding hydrogens is 372 g/mol. The molecule has 1 aromatic carbocycles. The Morgan fingerprint density at radius 3 is 2.37 bits per heavy atom. The number of thioether (sulfide) groups is 1. The van der Waals surface area contributed by atoms with Gasteiger partial charge in [0.15, 0.2) is 11.9 Å². The maximum absolute atomic E-state index is 11.7. The fourth-order valence-electron chi connectivity index (χ4n) is 3.22. The summed E-state index contributed by atoms with van der Waals surface area (Å²) in [5, 5.41) is 0. The van der Waals surface area contributed by atoms with E-state index >= 15 is 0 Å². The Bertz CT molecular complexity index is 678. The van der Waals surface area contributed by atoms with E-state index in [4.69, 9.17) is 23.7 Å². The minimum atomic E-state index is -0.863. The maximum atomic E-state index is 11.7. The van der Waals surface area contributed by atoms with Crippen LogP contribution in [0.4, 0.5) is 0 Å². The topological polar surface area (TPSA) is 80.3 Å². The fourth-order valence-corrected chi connectivity index (χ4v) is 4.34. The van der Waals surface area contributed by atoms with Gasteiger partial charge in [-0.1, -0.05) is 30.0 Å². The predicted molar refractivity (Wildman–Crippen MR) is 97.0 cm³/mol. The van der Waals surface area contributed by atoms with E-state index in [1.54, 1.807) is 13.8 Å². The van der Waals surface area contributed by atoms with Crippen LogP contribution in [-0.4, -0.2) is 54.2 Å². The van der Waals surface area contributed by atoms with E-state index < -0.39 is 47.6 Å². The smallest absolute Gasteiger partial charge is 0.303 e. The number of rotatable bonds is 5. The summed E-state index contributed by atoms with van der Waals surface area (Å²) < 4.78 is 28.9. The Labute approximate surface area is 162 Å². The average molecular weight is 396 g/mol. The second kappa shape index (κ2) is 8.18. The van der Waals surface area contributed by atoms with Crippen LogP contribution < -0.4 is 0 Å². The summed E-state index contributed by atoms with van der Waals surface area (Å²) in [5.41, 5.74) is -0.532. The zero-order valence-electron chi connectivity index (χ0n) is 15.7. The van der Waals surface area contributed by atoms with Gasteiger partial charge in [-0.3, -0.25) is 9.59 Å². The van der Waals surface area contributed by atoms with Crippen molar-refractivity contribution in [3.05, 3.63) is 30.3 Å². The van der Waals surface area contributed by atoms with Gasteiger partial charge in [0.1, 0.15) is 30.4 Å². The molecule has 2 heterocycles. The summed E-state index contributed by atoms with van der Waals surface area (Å²) >= 11 is 1.43. The van der Waals surface area contributed by atoms with Crippen molar-refractivity contribution in [2.24, 2.45) is 0 Å². The van der Waals surface area contributed by atoms with Crippen LogP contribution in [-0.2, 0) is 33.3 Å². The molecule has 0 N–H and O–H groups in total. The van der Waals surface area contributed by atoms with Crippen LogP contribution in [0.15, 0.2) is 35.2 Å². The lowest BCUT2D eigenvalue weighted by molar-refractivity contribution is -0.195. The molecule has 0 bridgehead atoms. The highest BCUT2D eigenvalue weighted by molar-refractivity contribution is 7.99. The highest BCUT2D eigenvalue weighted by Gasteiger charge is 2.57. The van der Waals surface area contributed by atoms with E-state index in [9.17, 15) is 9.59 Å². The van der Waals surface area contributed by atoms with E-state index in [2.05, 4.69) is 0 Å². The van der Waals surface area contributed by atoms with Crippen molar-refractivity contribution < 1.29 is 33.3 Å². The second-order valence-corrected chi connectivity index (χ2v) is 8.09. The molecule has 0 spiro atoms. The van der Waals surface area contributed by atoms with Crippen molar-refractivity contribution in [1.82, 2.24) is 0 Å². The number of benzene rings is 1. The summed E-state index contributed by atoms with van der Waals surface area (Å²) in [6, 6.07) is 9.65. The first-order valence-corrected chi connectivity index (χ1v) is 9.66. The lowest BCUT2D eigenvalue weighted by atomic mass is 10.00. The van der Waals surface area contributed by atoms with Crippen LogP contribution in [0, 0.1) is 0 Å². The summed E-state index contributed by atoms with van der Waals surface area (Å²) in [4.78, 5) is 23.9. The van der Waals surface area contributed by atoms with Gasteiger partial charge in [-0.2, -0.15) is 0 Å². The van der Waals surface area contributed by atoms with Crippen molar-refractivity contribution in [3.8, 4) is 0 Å². The van der Waals surface area contributed by atoms with Gasteiger partial charge >= 0.3 is 11.9 Å². The monoisotopic (exact) mass is 396 g/mol. The van der Waals surface area contributed by atoms with E-state index in [1.807, 2.05) is 30.3 Å². The van der Waals surface area contributed by atoms with E-state index in [0.717, 1.165) is 4.90 Å². The first kappa shape index (κ1) is 20.1. The molecular formula is C19H24O7S. The van der Waals surface area contributed by atoms with Crippen LogP contribution in [0.2, 0.25) is 0 Å². The molecule has 0 aromatic heterocycles. The lowest BCUT2D eigenvalue weighted by Crippen LogP contribution is -2.57. The molecule has 0 saturated carbocycles.